The van der Waals surface area contributed by atoms with Crippen molar-refractivity contribution in [1.82, 2.24) is 0 Å². The van der Waals surface area contributed by atoms with Gasteiger partial charge in [-0.15, -0.1) is 0 Å². The van der Waals surface area contributed by atoms with Crippen molar-refractivity contribution in [3.8, 4) is 0 Å². The highest BCUT2D eigenvalue weighted by atomic mass is 16.7. The van der Waals surface area contributed by atoms with Crippen LogP contribution in [0.15, 0.2) is 0 Å². The number of aliphatic hydroxyl groups is 1. The zero-order valence-corrected chi connectivity index (χ0v) is 11.0. The molecule has 0 aromatic rings. The number of carbonyl (C=O) groups is 1. The zero-order chi connectivity index (χ0) is 12.8. The van der Waals surface area contributed by atoms with Gasteiger partial charge >= 0.3 is 6.16 Å². The molecule has 1 N–H and O–H groups in total. The molecule has 4 nitrogen and oxygen atoms in total. The van der Waals surface area contributed by atoms with Crippen molar-refractivity contribution in [2.24, 2.45) is 17.8 Å². The van der Waals surface area contributed by atoms with E-state index in [-0.39, 0.29) is 19.3 Å². The van der Waals surface area contributed by atoms with Gasteiger partial charge in [0.2, 0.25) is 0 Å². The summed E-state index contributed by atoms with van der Waals surface area (Å²) in [6, 6.07) is 0. The van der Waals surface area contributed by atoms with E-state index in [0.717, 1.165) is 12.8 Å². The van der Waals surface area contributed by atoms with E-state index in [1.807, 2.05) is 0 Å². The Morgan fingerprint density at radius 1 is 1.41 bits per heavy atom. The van der Waals surface area contributed by atoms with Crippen LogP contribution in [0.4, 0.5) is 4.79 Å². The predicted molar refractivity (Wildman–Crippen MR) is 64.6 cm³/mol. The molecular formula is C13H24O4. The van der Waals surface area contributed by atoms with Crippen molar-refractivity contribution < 1.29 is 19.4 Å². The molecule has 3 atom stereocenters. The summed E-state index contributed by atoms with van der Waals surface area (Å²) in [4.78, 5) is 11.4. The van der Waals surface area contributed by atoms with E-state index in [4.69, 9.17) is 14.6 Å². The van der Waals surface area contributed by atoms with Crippen LogP contribution in [0.1, 0.15) is 40.0 Å². The molecule has 0 radical (unpaired) electrons. The maximum atomic E-state index is 11.4. The maximum Gasteiger partial charge on any atom is 0.508 e. The molecule has 1 aliphatic carbocycles. The van der Waals surface area contributed by atoms with Gasteiger partial charge in [0.15, 0.2) is 0 Å². The van der Waals surface area contributed by atoms with Gasteiger partial charge in [0, 0.05) is 0 Å². The van der Waals surface area contributed by atoms with E-state index in [1.165, 1.54) is 6.42 Å². The summed E-state index contributed by atoms with van der Waals surface area (Å²) in [5.74, 6) is 1.53. The van der Waals surface area contributed by atoms with Crippen LogP contribution in [0.2, 0.25) is 0 Å². The molecule has 0 aromatic heterocycles. The Hall–Kier alpha value is -0.770. The largest absolute Gasteiger partial charge is 0.508 e. The summed E-state index contributed by atoms with van der Waals surface area (Å²) in [5, 5.41) is 8.57. The van der Waals surface area contributed by atoms with Gasteiger partial charge in [-0.05, 0) is 30.6 Å². The first-order chi connectivity index (χ1) is 8.04. The van der Waals surface area contributed by atoms with Crippen LogP contribution in [0.25, 0.3) is 0 Å². The van der Waals surface area contributed by atoms with Crippen LogP contribution in [-0.4, -0.2) is 30.6 Å². The van der Waals surface area contributed by atoms with E-state index in [9.17, 15) is 4.79 Å². The molecule has 0 unspecified atom stereocenters. The minimum Gasteiger partial charge on any atom is -0.432 e. The summed E-state index contributed by atoms with van der Waals surface area (Å²) in [6.45, 7) is 6.36. The van der Waals surface area contributed by atoms with Gasteiger partial charge in [-0.25, -0.2) is 4.79 Å². The van der Waals surface area contributed by atoms with Crippen LogP contribution >= 0.6 is 0 Å². The fourth-order valence-corrected chi connectivity index (χ4v) is 2.54. The lowest BCUT2D eigenvalue weighted by Crippen LogP contribution is -2.36. The molecule has 0 spiro atoms. The second-order valence-corrected chi connectivity index (χ2v) is 5.30. The lowest BCUT2D eigenvalue weighted by molar-refractivity contribution is -0.0351. The molecule has 1 saturated carbocycles. The number of aliphatic hydroxyl groups excluding tert-OH is 1. The average molecular weight is 244 g/mol. The molecule has 1 aliphatic rings. The quantitative estimate of drug-likeness (QED) is 0.772. The smallest absolute Gasteiger partial charge is 0.432 e. The van der Waals surface area contributed by atoms with Crippen LogP contribution in [0, 0.1) is 17.8 Å². The first kappa shape index (κ1) is 14.3. The van der Waals surface area contributed by atoms with Crippen molar-refractivity contribution in [2.45, 2.75) is 46.1 Å². The summed E-state index contributed by atoms with van der Waals surface area (Å²) in [6.07, 6.45) is 2.54. The Kier molecular flexibility index (Phi) is 5.75. The molecule has 0 heterocycles. The topological polar surface area (TPSA) is 55.8 Å². The molecule has 0 amide bonds. The van der Waals surface area contributed by atoms with Crippen LogP contribution < -0.4 is 0 Å². The first-order valence-electron chi connectivity index (χ1n) is 6.48. The van der Waals surface area contributed by atoms with E-state index < -0.39 is 6.16 Å². The van der Waals surface area contributed by atoms with E-state index in [1.54, 1.807) is 0 Å². The Labute approximate surface area is 103 Å². The van der Waals surface area contributed by atoms with Gasteiger partial charge in [0.05, 0.1) is 6.61 Å². The fourth-order valence-electron chi connectivity index (χ4n) is 2.54. The fraction of sp³-hybridized carbons (Fsp3) is 0.923. The Morgan fingerprint density at radius 3 is 2.71 bits per heavy atom. The Morgan fingerprint density at radius 2 is 2.12 bits per heavy atom. The highest BCUT2D eigenvalue weighted by molar-refractivity contribution is 5.60. The third-order valence-electron chi connectivity index (χ3n) is 3.52. The lowest BCUT2D eigenvalue weighted by atomic mass is 9.75. The number of hydrogen-bond acceptors (Lipinski definition) is 4. The van der Waals surface area contributed by atoms with E-state index >= 15 is 0 Å². The number of rotatable bonds is 4. The zero-order valence-electron chi connectivity index (χ0n) is 11.0. The third kappa shape index (κ3) is 4.54. The van der Waals surface area contributed by atoms with E-state index in [2.05, 4.69) is 20.8 Å². The van der Waals surface area contributed by atoms with Crippen molar-refractivity contribution >= 4 is 6.16 Å². The van der Waals surface area contributed by atoms with Gasteiger partial charge in [-0.2, -0.15) is 0 Å². The predicted octanol–water partition coefficient (Wildman–Crippen LogP) is 2.59. The minimum absolute atomic E-state index is 0.00739. The lowest BCUT2D eigenvalue weighted by Gasteiger charge is -2.36. The Bertz CT molecular complexity index is 240. The normalized spacial score (nSPS) is 29.1. The highest BCUT2D eigenvalue weighted by Gasteiger charge is 2.33. The Balaban J connectivity index is 2.48. The van der Waals surface area contributed by atoms with Gasteiger partial charge in [0.1, 0.15) is 12.7 Å². The number of hydrogen-bond donors (Lipinski definition) is 1. The molecule has 0 bridgehead atoms. The van der Waals surface area contributed by atoms with Crippen molar-refractivity contribution in [2.75, 3.05) is 13.2 Å². The van der Waals surface area contributed by atoms with Crippen molar-refractivity contribution in [3.63, 3.8) is 0 Å². The van der Waals surface area contributed by atoms with Crippen molar-refractivity contribution in [3.05, 3.63) is 0 Å². The summed E-state index contributed by atoms with van der Waals surface area (Å²) < 4.78 is 10.1. The highest BCUT2D eigenvalue weighted by Crippen LogP contribution is 2.35. The summed E-state index contributed by atoms with van der Waals surface area (Å²) in [5.41, 5.74) is 0. The van der Waals surface area contributed by atoms with Crippen LogP contribution in [-0.2, 0) is 9.47 Å². The SMILES string of the molecule is CC(C)[C@H]1CC[C@@H](C)C[C@@H]1OC(=O)OCCO. The monoisotopic (exact) mass is 244 g/mol. The molecule has 0 aromatic carbocycles. The second-order valence-electron chi connectivity index (χ2n) is 5.30. The van der Waals surface area contributed by atoms with Gasteiger partial charge in [0.25, 0.3) is 0 Å². The number of ether oxygens (including phenoxy) is 2. The third-order valence-corrected chi connectivity index (χ3v) is 3.52. The average Bonchev–Trinajstić information content (AvgIpc) is 2.26. The molecular weight excluding hydrogens is 220 g/mol. The van der Waals surface area contributed by atoms with Crippen LogP contribution in [0.3, 0.4) is 0 Å². The standard InChI is InChI=1S/C13H24O4/c1-9(2)11-5-4-10(3)8-12(11)17-13(15)16-7-6-14/h9-12,14H,4-8H2,1-3H3/t10-,11-,12+/m1/s1. The van der Waals surface area contributed by atoms with Crippen molar-refractivity contribution in [1.29, 1.82) is 0 Å². The molecule has 1 fully saturated rings. The van der Waals surface area contributed by atoms with Gasteiger partial charge in [-0.1, -0.05) is 27.2 Å². The summed E-state index contributed by atoms with van der Waals surface area (Å²) >= 11 is 0. The molecule has 4 heteroatoms. The first-order valence-corrected chi connectivity index (χ1v) is 6.48. The molecule has 100 valence electrons. The van der Waals surface area contributed by atoms with Gasteiger partial charge in [-0.3, -0.25) is 0 Å². The minimum atomic E-state index is -0.649. The molecule has 1 rings (SSSR count). The molecule has 0 saturated heterocycles. The second kappa shape index (κ2) is 6.84. The molecule has 17 heavy (non-hydrogen) atoms. The van der Waals surface area contributed by atoms with Gasteiger partial charge < -0.3 is 14.6 Å². The maximum absolute atomic E-state index is 11.4. The van der Waals surface area contributed by atoms with E-state index in [0.29, 0.717) is 17.8 Å². The molecule has 0 aliphatic heterocycles. The number of carbonyl (C=O) groups excluding carboxylic acids is 1. The van der Waals surface area contributed by atoms with Crippen LogP contribution in [0.5, 0.6) is 0 Å². The summed E-state index contributed by atoms with van der Waals surface area (Å²) in [7, 11) is 0.